The molecule has 1 amide bonds. The van der Waals surface area contributed by atoms with E-state index in [0.29, 0.717) is 24.2 Å². The van der Waals surface area contributed by atoms with Gasteiger partial charge in [0.1, 0.15) is 11.2 Å². The van der Waals surface area contributed by atoms with E-state index in [1.54, 1.807) is 18.3 Å². The average Bonchev–Trinajstić information content (AvgIpc) is 2.38. The maximum atomic E-state index is 12.5. The summed E-state index contributed by atoms with van der Waals surface area (Å²) in [4.78, 5) is 28.6. The molecular formula is C13H12N2O2. The molecule has 2 heterocycles. The fourth-order valence-electron chi connectivity index (χ4n) is 2.52. The average molecular weight is 228 g/mol. The maximum Gasteiger partial charge on any atom is 0.239 e. The molecule has 1 spiro atoms. The molecule has 0 bridgehead atoms. The lowest BCUT2D eigenvalue weighted by molar-refractivity contribution is -0.123. The molecule has 0 aromatic carbocycles. The van der Waals surface area contributed by atoms with Gasteiger partial charge in [-0.2, -0.15) is 0 Å². The topological polar surface area (TPSA) is 59.1 Å². The van der Waals surface area contributed by atoms with Crippen molar-refractivity contribution in [2.75, 3.05) is 5.32 Å². The summed E-state index contributed by atoms with van der Waals surface area (Å²) in [5.41, 5.74) is -0.368. The van der Waals surface area contributed by atoms with Crippen molar-refractivity contribution in [1.29, 1.82) is 0 Å². The van der Waals surface area contributed by atoms with Gasteiger partial charge < -0.3 is 5.32 Å². The lowest BCUT2D eigenvalue weighted by atomic mass is 9.69. The van der Waals surface area contributed by atoms with Crippen LogP contribution in [0.5, 0.6) is 0 Å². The van der Waals surface area contributed by atoms with Gasteiger partial charge in [0.05, 0.1) is 5.56 Å². The summed E-state index contributed by atoms with van der Waals surface area (Å²) >= 11 is 0. The molecule has 0 saturated carbocycles. The molecule has 4 heteroatoms. The molecule has 1 aliphatic heterocycles. The summed E-state index contributed by atoms with van der Waals surface area (Å²) in [6, 6.07) is 3.45. The summed E-state index contributed by atoms with van der Waals surface area (Å²) in [5, 5.41) is 2.75. The molecule has 2 aliphatic rings. The largest absolute Gasteiger partial charge is 0.309 e. The van der Waals surface area contributed by atoms with Crippen LogP contribution in [0, 0.1) is 5.41 Å². The fourth-order valence-corrected chi connectivity index (χ4v) is 2.52. The number of rotatable bonds is 0. The number of nitrogens with zero attached hydrogens (tertiary/aromatic N) is 1. The molecule has 1 aromatic rings. The van der Waals surface area contributed by atoms with Crippen LogP contribution in [0.1, 0.15) is 29.6 Å². The first-order valence-electron chi connectivity index (χ1n) is 5.70. The zero-order chi connectivity index (χ0) is 11.9. The van der Waals surface area contributed by atoms with E-state index in [2.05, 4.69) is 10.3 Å². The Bertz CT molecular complexity index is 536. The Morgan fingerprint density at radius 1 is 1.29 bits per heavy atom. The van der Waals surface area contributed by atoms with E-state index in [0.717, 1.165) is 6.42 Å². The van der Waals surface area contributed by atoms with Crippen LogP contribution in [0.25, 0.3) is 0 Å². The Hall–Kier alpha value is -1.97. The highest BCUT2D eigenvalue weighted by atomic mass is 16.2. The second kappa shape index (κ2) is 3.52. The molecule has 1 unspecified atom stereocenters. The highest BCUT2D eigenvalue weighted by molar-refractivity contribution is 6.23. The van der Waals surface area contributed by atoms with Crippen LogP contribution in [0.2, 0.25) is 0 Å². The zero-order valence-electron chi connectivity index (χ0n) is 9.27. The van der Waals surface area contributed by atoms with E-state index < -0.39 is 5.41 Å². The van der Waals surface area contributed by atoms with Crippen LogP contribution in [-0.2, 0) is 4.79 Å². The Kier molecular flexibility index (Phi) is 2.11. The van der Waals surface area contributed by atoms with Gasteiger partial charge in [-0.15, -0.1) is 0 Å². The van der Waals surface area contributed by atoms with Gasteiger partial charge in [-0.05, 0) is 31.4 Å². The van der Waals surface area contributed by atoms with Crippen LogP contribution >= 0.6 is 0 Å². The lowest BCUT2D eigenvalue weighted by Crippen LogP contribution is -2.47. The molecule has 3 rings (SSSR count). The molecule has 1 N–H and O–H groups in total. The molecular weight excluding hydrogens is 216 g/mol. The minimum Gasteiger partial charge on any atom is -0.309 e. The minimum atomic E-state index is -0.898. The van der Waals surface area contributed by atoms with E-state index in [4.69, 9.17) is 0 Å². The number of ketones is 1. The van der Waals surface area contributed by atoms with Gasteiger partial charge in [-0.3, -0.25) is 9.59 Å². The molecule has 1 aliphatic carbocycles. The third kappa shape index (κ3) is 1.33. The van der Waals surface area contributed by atoms with Gasteiger partial charge in [-0.1, -0.05) is 12.2 Å². The Morgan fingerprint density at radius 2 is 2.18 bits per heavy atom. The van der Waals surface area contributed by atoms with Gasteiger partial charge >= 0.3 is 0 Å². The van der Waals surface area contributed by atoms with Crippen LogP contribution in [0.4, 0.5) is 5.82 Å². The summed E-state index contributed by atoms with van der Waals surface area (Å²) in [5.74, 6) is 0.0921. The SMILES string of the molecule is O=C1Nc2ncccc2C(=O)C12CC=CCC2. The molecule has 0 saturated heterocycles. The normalized spacial score (nSPS) is 26.8. The van der Waals surface area contributed by atoms with E-state index in [1.165, 1.54) is 0 Å². The van der Waals surface area contributed by atoms with Crippen LogP contribution < -0.4 is 5.32 Å². The smallest absolute Gasteiger partial charge is 0.239 e. The number of aromatic nitrogens is 1. The highest BCUT2D eigenvalue weighted by Crippen LogP contribution is 2.41. The third-order valence-electron chi connectivity index (χ3n) is 3.52. The predicted octanol–water partition coefficient (Wildman–Crippen LogP) is 1.94. The van der Waals surface area contributed by atoms with Gasteiger partial charge in [0.2, 0.25) is 5.91 Å². The van der Waals surface area contributed by atoms with Crippen molar-refractivity contribution in [2.45, 2.75) is 19.3 Å². The summed E-state index contributed by atoms with van der Waals surface area (Å²) in [6.07, 6.45) is 7.36. The number of allylic oxidation sites excluding steroid dienone is 2. The van der Waals surface area contributed by atoms with Gasteiger partial charge in [-0.25, -0.2) is 4.98 Å². The first kappa shape index (κ1) is 10.2. The first-order valence-corrected chi connectivity index (χ1v) is 5.70. The number of hydrogen-bond acceptors (Lipinski definition) is 3. The Labute approximate surface area is 98.7 Å². The summed E-state index contributed by atoms with van der Waals surface area (Å²) in [6.45, 7) is 0. The van der Waals surface area contributed by atoms with Gasteiger partial charge in [0, 0.05) is 6.20 Å². The molecule has 1 aromatic heterocycles. The second-order valence-corrected chi connectivity index (χ2v) is 4.48. The third-order valence-corrected chi connectivity index (χ3v) is 3.52. The van der Waals surface area contributed by atoms with Crippen molar-refractivity contribution in [3.8, 4) is 0 Å². The van der Waals surface area contributed by atoms with Crippen molar-refractivity contribution in [3.05, 3.63) is 36.0 Å². The lowest BCUT2D eigenvalue weighted by Gasteiger charge is -2.35. The first-order chi connectivity index (χ1) is 8.24. The number of anilines is 1. The van der Waals surface area contributed by atoms with E-state index in [1.807, 2.05) is 12.2 Å². The second-order valence-electron chi connectivity index (χ2n) is 4.48. The molecule has 86 valence electrons. The molecule has 0 fully saturated rings. The van der Waals surface area contributed by atoms with Gasteiger partial charge in [0.15, 0.2) is 5.78 Å². The Balaban J connectivity index is 2.13. The number of nitrogens with one attached hydrogen (secondary N) is 1. The number of pyridine rings is 1. The number of hydrogen-bond donors (Lipinski definition) is 1. The van der Waals surface area contributed by atoms with Crippen molar-refractivity contribution >= 4 is 17.5 Å². The maximum absolute atomic E-state index is 12.5. The fraction of sp³-hybridized carbons (Fsp3) is 0.308. The quantitative estimate of drug-likeness (QED) is 0.545. The zero-order valence-corrected chi connectivity index (χ0v) is 9.27. The standard InChI is InChI=1S/C13H12N2O2/c16-10-9-5-4-8-14-11(9)15-12(17)13(10)6-2-1-3-7-13/h1-2,4-5,8H,3,6-7H2,(H,14,15,17). The predicted molar refractivity (Wildman–Crippen MR) is 62.6 cm³/mol. The van der Waals surface area contributed by atoms with Crippen molar-refractivity contribution in [2.24, 2.45) is 5.41 Å². The van der Waals surface area contributed by atoms with Gasteiger partial charge in [0.25, 0.3) is 0 Å². The molecule has 0 radical (unpaired) electrons. The number of fused-ring (bicyclic) bond motifs is 1. The van der Waals surface area contributed by atoms with E-state index >= 15 is 0 Å². The van der Waals surface area contributed by atoms with Crippen molar-refractivity contribution < 1.29 is 9.59 Å². The number of amides is 1. The van der Waals surface area contributed by atoms with E-state index in [9.17, 15) is 9.59 Å². The van der Waals surface area contributed by atoms with Crippen LogP contribution in [-0.4, -0.2) is 16.7 Å². The van der Waals surface area contributed by atoms with Crippen molar-refractivity contribution in [3.63, 3.8) is 0 Å². The summed E-state index contributed by atoms with van der Waals surface area (Å²) in [7, 11) is 0. The Morgan fingerprint density at radius 3 is 2.94 bits per heavy atom. The minimum absolute atomic E-state index is 0.0892. The van der Waals surface area contributed by atoms with E-state index in [-0.39, 0.29) is 11.7 Å². The molecule has 1 atom stereocenters. The van der Waals surface area contributed by atoms with Crippen molar-refractivity contribution in [1.82, 2.24) is 4.98 Å². The van der Waals surface area contributed by atoms with Crippen LogP contribution in [0.3, 0.4) is 0 Å². The summed E-state index contributed by atoms with van der Waals surface area (Å²) < 4.78 is 0. The number of carbonyl (C=O) groups excluding carboxylic acids is 2. The molecule has 4 nitrogen and oxygen atoms in total. The number of carbonyl (C=O) groups is 2. The van der Waals surface area contributed by atoms with Crippen LogP contribution in [0.15, 0.2) is 30.5 Å². The molecule has 17 heavy (non-hydrogen) atoms. The number of Topliss-reactive ketones (excluding diaryl/α,β-unsaturated/α-hetero) is 1. The highest BCUT2D eigenvalue weighted by Gasteiger charge is 2.49. The monoisotopic (exact) mass is 228 g/mol.